The number of rotatable bonds is 12. The van der Waals surface area contributed by atoms with Gasteiger partial charge in [0.05, 0.1) is 5.41 Å². The van der Waals surface area contributed by atoms with Gasteiger partial charge >= 0.3 is 29.6 Å². The molecule has 0 spiro atoms. The van der Waals surface area contributed by atoms with E-state index in [0.717, 1.165) is 24.7 Å². The van der Waals surface area contributed by atoms with Gasteiger partial charge in [0.15, 0.2) is 0 Å². The van der Waals surface area contributed by atoms with E-state index in [2.05, 4.69) is 6.92 Å². The van der Waals surface area contributed by atoms with Crippen molar-refractivity contribution < 1.29 is 44.0 Å². The fourth-order valence-electron chi connectivity index (χ4n) is 1.94. The largest absolute Gasteiger partial charge is 1.00 e. The molecule has 0 rings (SSSR count). The van der Waals surface area contributed by atoms with Gasteiger partial charge in [0, 0.05) is 0 Å². The first-order valence-corrected chi connectivity index (χ1v) is 8.70. The zero-order valence-electron chi connectivity index (χ0n) is 13.6. The second kappa shape index (κ2) is 15.0. The topological polar surface area (TPSA) is 54.4 Å². The number of unbranched alkanes of at least 4 members (excludes halogenated alkanes) is 10. The molecule has 0 fully saturated rings. The van der Waals surface area contributed by atoms with Crippen LogP contribution in [0.15, 0.2) is 11.5 Å². The summed E-state index contributed by atoms with van der Waals surface area (Å²) < 4.78 is 29.2. The predicted octanol–water partition coefficient (Wildman–Crippen LogP) is 1.82. The maximum Gasteiger partial charge on any atom is 1.00 e. The summed E-state index contributed by atoms with van der Waals surface area (Å²) in [4.78, 5) is 0. The third kappa shape index (κ3) is 21.1. The van der Waals surface area contributed by atoms with Crippen molar-refractivity contribution in [2.24, 2.45) is 0 Å². The Morgan fingerprint density at radius 3 is 1.74 bits per heavy atom. The van der Waals surface area contributed by atoms with Crippen LogP contribution in [0.3, 0.4) is 0 Å². The van der Waals surface area contributed by atoms with Gasteiger partial charge in [-0.25, -0.2) is 0 Å². The predicted molar refractivity (Wildman–Crippen MR) is 78.3 cm³/mol. The van der Waals surface area contributed by atoms with Crippen LogP contribution in [0.4, 0.5) is 0 Å². The summed E-state index contributed by atoms with van der Waals surface area (Å²) in [5.41, 5.74) is 0. The fourth-order valence-corrected chi connectivity index (χ4v) is 2.32. The van der Waals surface area contributed by atoms with E-state index >= 15 is 0 Å². The van der Waals surface area contributed by atoms with Crippen molar-refractivity contribution in [3.63, 3.8) is 0 Å². The second-order valence-corrected chi connectivity index (χ2v) is 6.16. The quantitative estimate of drug-likeness (QED) is 0.340. The molecule has 0 radical (unpaired) electrons. The third-order valence-corrected chi connectivity index (χ3v) is 3.53. The first kappa shape index (κ1) is 21.9. The third-order valence-electron chi connectivity index (χ3n) is 2.99. The molecule has 0 saturated carbocycles. The van der Waals surface area contributed by atoms with Crippen LogP contribution in [0.5, 0.6) is 0 Å². The molecule has 3 nitrogen and oxygen atoms in total. The van der Waals surface area contributed by atoms with Crippen molar-refractivity contribution in [2.45, 2.75) is 77.6 Å². The van der Waals surface area contributed by atoms with Crippen molar-refractivity contribution >= 4 is 10.1 Å². The van der Waals surface area contributed by atoms with Crippen LogP contribution in [0.25, 0.3) is 0 Å². The molecule has 19 heavy (non-hydrogen) atoms. The summed E-state index contributed by atoms with van der Waals surface area (Å²) in [6, 6.07) is 0. The van der Waals surface area contributed by atoms with Crippen LogP contribution in [-0.2, 0) is 10.1 Å². The van der Waals surface area contributed by atoms with Gasteiger partial charge in [0.2, 0.25) is 0 Å². The van der Waals surface area contributed by atoms with E-state index in [0.29, 0.717) is 0 Å². The molecular formula is C14H29NaO3S. The number of hydrogen-bond acceptors (Lipinski definition) is 2. The van der Waals surface area contributed by atoms with Gasteiger partial charge in [0.1, 0.15) is 0 Å². The summed E-state index contributed by atoms with van der Waals surface area (Å²) in [6.45, 7) is 2.23. The maximum absolute atomic E-state index is 10.4. The summed E-state index contributed by atoms with van der Waals surface area (Å²) in [5.74, 6) is 0. The first-order chi connectivity index (χ1) is 8.56. The molecular weight excluding hydrogens is 271 g/mol. The molecule has 0 bridgehead atoms. The van der Waals surface area contributed by atoms with Crippen LogP contribution in [0.1, 0.15) is 79.0 Å². The maximum atomic E-state index is 10.4. The zero-order chi connectivity index (χ0) is 13.7. The van der Waals surface area contributed by atoms with E-state index in [1.54, 1.807) is 0 Å². The Morgan fingerprint density at radius 1 is 0.895 bits per heavy atom. The molecule has 0 aromatic heterocycles. The molecule has 0 atom stereocenters. The first-order valence-electron chi connectivity index (χ1n) is 7.20. The smallest absolute Gasteiger partial charge is 1.00 e. The second-order valence-electron chi connectivity index (χ2n) is 4.86. The van der Waals surface area contributed by atoms with Crippen LogP contribution in [0, 0.1) is 0 Å². The molecule has 0 unspecified atom stereocenters. The van der Waals surface area contributed by atoms with Crippen molar-refractivity contribution in [3.8, 4) is 0 Å². The van der Waals surface area contributed by atoms with Gasteiger partial charge < -0.3 is 1.43 Å². The molecule has 0 aliphatic heterocycles. The van der Waals surface area contributed by atoms with E-state index in [1.807, 2.05) is 0 Å². The normalized spacial score (nSPS) is 11.7. The molecule has 1 N–H and O–H groups in total. The van der Waals surface area contributed by atoms with Crippen molar-refractivity contribution in [1.29, 1.82) is 0 Å². The Labute approximate surface area is 142 Å². The van der Waals surface area contributed by atoms with Gasteiger partial charge in [-0.2, -0.15) is 8.42 Å². The van der Waals surface area contributed by atoms with E-state index in [4.69, 9.17) is 4.55 Å². The molecule has 110 valence electrons. The van der Waals surface area contributed by atoms with Gasteiger partial charge in [0.25, 0.3) is 10.1 Å². The Morgan fingerprint density at radius 2 is 1.32 bits per heavy atom. The fraction of sp³-hybridized carbons (Fsp3) is 0.857. The van der Waals surface area contributed by atoms with E-state index in [9.17, 15) is 8.42 Å². The van der Waals surface area contributed by atoms with Crippen molar-refractivity contribution in [2.75, 3.05) is 0 Å². The standard InChI is InChI=1S/C14H28O3S.Na.H/c1-2-3-4-5-6-7-8-9-10-11-12-13-14-18(15,16)17;;/h13-14H,2-12H2,1H3,(H,15,16,17);;/q;+1;-1. The molecule has 0 aromatic carbocycles. The molecule has 0 aliphatic rings. The molecule has 0 aromatic rings. The van der Waals surface area contributed by atoms with Crippen LogP contribution >= 0.6 is 0 Å². The Hall–Kier alpha value is 0.650. The monoisotopic (exact) mass is 300 g/mol. The average molecular weight is 300 g/mol. The minimum absolute atomic E-state index is 0. The summed E-state index contributed by atoms with van der Waals surface area (Å²) in [6.07, 6.45) is 15.0. The number of allylic oxidation sites excluding steroid dienone is 1. The van der Waals surface area contributed by atoms with Crippen LogP contribution < -0.4 is 29.6 Å². The molecule has 0 heterocycles. The van der Waals surface area contributed by atoms with Crippen molar-refractivity contribution in [3.05, 3.63) is 11.5 Å². The van der Waals surface area contributed by atoms with E-state index < -0.39 is 10.1 Å². The molecule has 0 saturated heterocycles. The SMILES string of the molecule is CCCCCCCCCCCCC=CS(=O)(=O)O.[H-].[Na+]. The Bertz CT molecular complexity index is 306. The van der Waals surface area contributed by atoms with Gasteiger partial charge in [-0.1, -0.05) is 70.8 Å². The van der Waals surface area contributed by atoms with E-state index in [-0.39, 0.29) is 31.0 Å². The van der Waals surface area contributed by atoms with Gasteiger partial charge in [-0.15, -0.1) is 0 Å². The molecule has 0 aliphatic carbocycles. The van der Waals surface area contributed by atoms with Crippen LogP contribution in [0.2, 0.25) is 0 Å². The molecule has 0 amide bonds. The zero-order valence-corrected chi connectivity index (χ0v) is 15.4. The number of hydrogen-bond donors (Lipinski definition) is 1. The van der Waals surface area contributed by atoms with Gasteiger partial charge in [-0.3, -0.25) is 4.55 Å². The minimum atomic E-state index is -3.92. The van der Waals surface area contributed by atoms with E-state index in [1.165, 1.54) is 57.4 Å². The Kier molecular flexibility index (Phi) is 17.4. The summed E-state index contributed by atoms with van der Waals surface area (Å²) >= 11 is 0. The minimum Gasteiger partial charge on any atom is -1.00 e. The average Bonchev–Trinajstić information content (AvgIpc) is 2.29. The van der Waals surface area contributed by atoms with Gasteiger partial charge in [-0.05, 0) is 12.8 Å². The summed E-state index contributed by atoms with van der Waals surface area (Å²) in [7, 11) is -3.92. The van der Waals surface area contributed by atoms with Crippen LogP contribution in [-0.4, -0.2) is 13.0 Å². The summed E-state index contributed by atoms with van der Waals surface area (Å²) in [5, 5.41) is 0.876. The Balaban J connectivity index is -0.00000144. The molecule has 5 heteroatoms. The van der Waals surface area contributed by atoms with Crippen molar-refractivity contribution in [1.82, 2.24) is 0 Å².